The zero-order chi connectivity index (χ0) is 9.42. The Labute approximate surface area is 80.6 Å². The monoisotopic (exact) mass is 201 g/mol. The Bertz CT molecular complexity index is 256. The summed E-state index contributed by atoms with van der Waals surface area (Å²) < 4.78 is 4.89. The SMILES string of the molecule is CC(=O)OC[C@H]1CN2C(=O)C[C@H]2S1. The summed E-state index contributed by atoms with van der Waals surface area (Å²) in [6.07, 6.45) is 0.654. The Morgan fingerprint density at radius 2 is 2.54 bits per heavy atom. The molecule has 0 N–H and O–H groups in total. The third-order valence-electron chi connectivity index (χ3n) is 2.24. The van der Waals surface area contributed by atoms with Crippen molar-refractivity contribution < 1.29 is 14.3 Å². The van der Waals surface area contributed by atoms with Gasteiger partial charge in [-0.1, -0.05) is 0 Å². The minimum atomic E-state index is -0.249. The predicted octanol–water partition coefficient (Wildman–Crippen LogP) is 0.223. The summed E-state index contributed by atoms with van der Waals surface area (Å²) in [6, 6.07) is 0. The van der Waals surface area contributed by atoms with Crippen molar-refractivity contribution in [3.05, 3.63) is 0 Å². The van der Waals surface area contributed by atoms with Crippen LogP contribution >= 0.6 is 11.8 Å². The van der Waals surface area contributed by atoms with E-state index in [4.69, 9.17) is 4.74 Å². The predicted molar refractivity (Wildman–Crippen MR) is 48.1 cm³/mol. The van der Waals surface area contributed by atoms with Crippen LogP contribution in [0.25, 0.3) is 0 Å². The Kier molecular flexibility index (Phi) is 2.19. The number of ether oxygens (including phenoxy) is 1. The molecule has 0 aromatic carbocycles. The second-order valence-electron chi connectivity index (χ2n) is 3.27. The van der Waals surface area contributed by atoms with E-state index in [2.05, 4.69) is 0 Å². The van der Waals surface area contributed by atoms with E-state index in [1.807, 2.05) is 4.90 Å². The van der Waals surface area contributed by atoms with Gasteiger partial charge in [-0.25, -0.2) is 0 Å². The number of esters is 1. The van der Waals surface area contributed by atoms with Gasteiger partial charge in [-0.05, 0) is 0 Å². The van der Waals surface area contributed by atoms with Crippen LogP contribution in [0, 0.1) is 0 Å². The molecule has 0 spiro atoms. The topological polar surface area (TPSA) is 46.6 Å². The van der Waals surface area contributed by atoms with Crippen LogP contribution in [0.15, 0.2) is 0 Å². The van der Waals surface area contributed by atoms with Crippen molar-refractivity contribution >= 4 is 23.6 Å². The molecule has 0 saturated carbocycles. The third-order valence-corrected chi connectivity index (χ3v) is 3.64. The molecule has 0 aromatic rings. The van der Waals surface area contributed by atoms with Crippen LogP contribution in [0.4, 0.5) is 0 Å². The summed E-state index contributed by atoms with van der Waals surface area (Å²) in [5.41, 5.74) is 0. The zero-order valence-corrected chi connectivity index (χ0v) is 8.17. The molecule has 0 radical (unpaired) electrons. The number of thioether (sulfide) groups is 1. The first-order chi connectivity index (χ1) is 6.16. The molecule has 2 heterocycles. The lowest BCUT2D eigenvalue weighted by atomic mass is 10.2. The quantitative estimate of drug-likeness (QED) is 0.474. The average Bonchev–Trinajstić information content (AvgIpc) is 2.39. The van der Waals surface area contributed by atoms with E-state index in [1.54, 1.807) is 11.8 Å². The molecule has 2 rings (SSSR count). The fourth-order valence-electron chi connectivity index (χ4n) is 1.55. The highest BCUT2D eigenvalue weighted by Gasteiger charge is 2.44. The highest BCUT2D eigenvalue weighted by Crippen LogP contribution is 2.39. The average molecular weight is 201 g/mol. The summed E-state index contributed by atoms with van der Waals surface area (Å²) in [6.45, 7) is 2.57. The largest absolute Gasteiger partial charge is 0.465 e. The van der Waals surface area contributed by atoms with Gasteiger partial charge in [-0.15, -0.1) is 11.8 Å². The zero-order valence-electron chi connectivity index (χ0n) is 7.36. The van der Waals surface area contributed by atoms with E-state index in [0.717, 1.165) is 6.54 Å². The molecule has 0 aliphatic carbocycles. The molecule has 72 valence electrons. The van der Waals surface area contributed by atoms with Crippen LogP contribution in [0.5, 0.6) is 0 Å². The molecular formula is C8H11NO3S. The smallest absolute Gasteiger partial charge is 0.302 e. The van der Waals surface area contributed by atoms with Crippen molar-refractivity contribution in [1.82, 2.24) is 4.90 Å². The van der Waals surface area contributed by atoms with Crippen LogP contribution in [-0.4, -0.2) is 40.6 Å². The number of β-lactam (4-membered cyclic amide) rings is 1. The normalized spacial score (nSPS) is 31.2. The lowest BCUT2D eigenvalue weighted by Gasteiger charge is -2.32. The second-order valence-corrected chi connectivity index (χ2v) is 4.75. The number of carbonyl (C=O) groups is 2. The number of fused-ring (bicyclic) bond motifs is 1. The van der Waals surface area contributed by atoms with Crippen molar-refractivity contribution in [2.45, 2.75) is 24.0 Å². The Morgan fingerprint density at radius 3 is 3.08 bits per heavy atom. The van der Waals surface area contributed by atoms with Crippen molar-refractivity contribution in [3.63, 3.8) is 0 Å². The van der Waals surface area contributed by atoms with Gasteiger partial charge in [0.15, 0.2) is 0 Å². The minimum absolute atomic E-state index is 0.225. The van der Waals surface area contributed by atoms with Gasteiger partial charge in [0.25, 0.3) is 0 Å². The highest BCUT2D eigenvalue weighted by atomic mass is 32.2. The van der Waals surface area contributed by atoms with Gasteiger partial charge in [0.05, 0.1) is 17.0 Å². The van der Waals surface area contributed by atoms with Crippen molar-refractivity contribution in [2.75, 3.05) is 13.2 Å². The molecule has 5 heteroatoms. The number of nitrogens with zero attached hydrogens (tertiary/aromatic N) is 1. The van der Waals surface area contributed by atoms with E-state index in [9.17, 15) is 9.59 Å². The van der Waals surface area contributed by atoms with E-state index in [0.29, 0.717) is 18.4 Å². The Morgan fingerprint density at radius 1 is 1.77 bits per heavy atom. The molecule has 13 heavy (non-hydrogen) atoms. The number of hydrogen-bond acceptors (Lipinski definition) is 4. The second kappa shape index (κ2) is 3.21. The fraction of sp³-hybridized carbons (Fsp3) is 0.750. The standard InChI is InChI=1S/C8H11NO3S/c1-5(10)12-4-6-3-9-7(11)2-8(9)13-6/h6,8H,2-4H2,1H3/t6-,8-/m1/s1. The first kappa shape index (κ1) is 8.87. The van der Waals surface area contributed by atoms with Gasteiger partial charge in [0.1, 0.15) is 6.61 Å². The number of amides is 1. The summed E-state index contributed by atoms with van der Waals surface area (Å²) >= 11 is 1.73. The Balaban J connectivity index is 1.78. The van der Waals surface area contributed by atoms with Crippen molar-refractivity contribution in [1.29, 1.82) is 0 Å². The van der Waals surface area contributed by atoms with E-state index < -0.39 is 0 Å². The molecular weight excluding hydrogens is 190 g/mol. The molecule has 0 unspecified atom stereocenters. The Hall–Kier alpha value is -0.710. The third kappa shape index (κ3) is 1.65. The van der Waals surface area contributed by atoms with Crippen LogP contribution in [0.3, 0.4) is 0 Å². The molecule has 0 bridgehead atoms. The molecule has 2 atom stereocenters. The van der Waals surface area contributed by atoms with Gasteiger partial charge in [-0.3, -0.25) is 9.59 Å². The minimum Gasteiger partial charge on any atom is -0.465 e. The lowest BCUT2D eigenvalue weighted by molar-refractivity contribution is -0.141. The summed E-state index contributed by atoms with van der Waals surface area (Å²) in [5, 5.41) is 0.633. The summed E-state index contributed by atoms with van der Waals surface area (Å²) in [4.78, 5) is 23.4. The summed E-state index contributed by atoms with van der Waals surface area (Å²) in [7, 11) is 0. The molecule has 2 fully saturated rings. The number of rotatable bonds is 2. The van der Waals surface area contributed by atoms with Gasteiger partial charge in [-0.2, -0.15) is 0 Å². The van der Waals surface area contributed by atoms with Gasteiger partial charge in [0.2, 0.25) is 5.91 Å². The van der Waals surface area contributed by atoms with E-state index >= 15 is 0 Å². The van der Waals surface area contributed by atoms with Crippen LogP contribution in [0.1, 0.15) is 13.3 Å². The van der Waals surface area contributed by atoms with E-state index in [1.165, 1.54) is 6.92 Å². The first-order valence-corrected chi connectivity index (χ1v) is 5.19. The van der Waals surface area contributed by atoms with E-state index in [-0.39, 0.29) is 17.1 Å². The fourth-order valence-corrected chi connectivity index (χ4v) is 2.98. The first-order valence-electron chi connectivity index (χ1n) is 4.25. The maximum absolute atomic E-state index is 11.0. The summed E-state index contributed by atoms with van der Waals surface area (Å²) in [5.74, 6) is -0.0241. The van der Waals surface area contributed by atoms with Crippen molar-refractivity contribution in [3.8, 4) is 0 Å². The van der Waals surface area contributed by atoms with Gasteiger partial charge in [0, 0.05) is 13.5 Å². The lowest BCUT2D eigenvalue weighted by Crippen LogP contribution is -2.47. The van der Waals surface area contributed by atoms with Crippen LogP contribution < -0.4 is 0 Å². The molecule has 2 aliphatic heterocycles. The van der Waals surface area contributed by atoms with Crippen LogP contribution in [-0.2, 0) is 14.3 Å². The number of hydrogen-bond donors (Lipinski definition) is 0. The van der Waals surface area contributed by atoms with Crippen molar-refractivity contribution in [2.24, 2.45) is 0 Å². The maximum Gasteiger partial charge on any atom is 0.302 e. The molecule has 4 nitrogen and oxygen atoms in total. The molecule has 2 aliphatic rings. The van der Waals surface area contributed by atoms with Crippen LogP contribution in [0.2, 0.25) is 0 Å². The van der Waals surface area contributed by atoms with Gasteiger partial charge < -0.3 is 9.64 Å². The molecule has 0 aromatic heterocycles. The molecule has 2 saturated heterocycles. The molecule has 1 amide bonds. The number of carbonyl (C=O) groups excluding carboxylic acids is 2. The highest BCUT2D eigenvalue weighted by molar-refractivity contribution is 8.00. The maximum atomic E-state index is 11.0. The van der Waals surface area contributed by atoms with Gasteiger partial charge >= 0.3 is 5.97 Å².